The highest BCUT2D eigenvalue weighted by Gasteiger charge is 2.14. The van der Waals surface area contributed by atoms with E-state index in [-0.39, 0.29) is 5.91 Å². The van der Waals surface area contributed by atoms with E-state index in [4.69, 9.17) is 5.73 Å². The van der Waals surface area contributed by atoms with Crippen molar-refractivity contribution in [3.05, 3.63) is 52.2 Å². The van der Waals surface area contributed by atoms with Gasteiger partial charge in [-0.15, -0.1) is 11.3 Å². The Morgan fingerprint density at radius 1 is 1.21 bits per heavy atom. The summed E-state index contributed by atoms with van der Waals surface area (Å²) in [6.07, 6.45) is 6.65. The largest absolute Gasteiger partial charge is 0.383 e. The van der Waals surface area contributed by atoms with Crippen LogP contribution >= 0.6 is 32.9 Å². The van der Waals surface area contributed by atoms with Crippen molar-refractivity contribution in [2.45, 2.75) is 50.3 Å². The number of thiophene rings is 1. The number of amides is 1. The Bertz CT molecular complexity index is 754. The molecular weight excluding hydrogens is 406 g/mol. The lowest BCUT2D eigenvalue weighted by Crippen LogP contribution is -2.22. The second kappa shape index (κ2) is 11.5. The Balaban J connectivity index is 1.35. The number of nitrogens with one attached hydrogen (secondary N) is 1. The van der Waals surface area contributed by atoms with E-state index < -0.39 is 0 Å². The molecule has 1 saturated heterocycles. The second-order valence-corrected chi connectivity index (χ2v) is 10.6. The van der Waals surface area contributed by atoms with E-state index in [1.807, 2.05) is 63.4 Å². The Morgan fingerprint density at radius 3 is 2.79 bits per heavy atom. The lowest BCUT2D eigenvalue weighted by atomic mass is 10.1. The van der Waals surface area contributed by atoms with Crippen molar-refractivity contribution in [3.63, 3.8) is 0 Å². The summed E-state index contributed by atoms with van der Waals surface area (Å²) in [7, 11) is 4.03. The third-order valence-corrected chi connectivity index (χ3v) is 8.54. The van der Waals surface area contributed by atoms with Crippen LogP contribution in [0.25, 0.3) is 0 Å². The molecule has 0 saturated carbocycles. The van der Waals surface area contributed by atoms with Gasteiger partial charge in [0.05, 0.1) is 10.6 Å². The fourth-order valence-corrected chi connectivity index (χ4v) is 6.53. The van der Waals surface area contributed by atoms with Crippen molar-refractivity contribution in [2.24, 2.45) is 10.7 Å². The maximum atomic E-state index is 12.1. The monoisotopic (exact) mass is 433 g/mol. The molecular formula is C21H27N3OS3. The first-order valence-corrected chi connectivity index (χ1v) is 13.0. The number of hydrogen-bond donors (Lipinski definition) is 2. The normalized spacial score (nSPS) is 17.4. The lowest BCUT2D eigenvalue weighted by Gasteiger charge is -2.19. The number of hydrogen-bond acceptors (Lipinski definition) is 5. The Morgan fingerprint density at radius 2 is 2.07 bits per heavy atom. The van der Waals surface area contributed by atoms with Crippen molar-refractivity contribution in [1.29, 1.82) is 0 Å². The van der Waals surface area contributed by atoms with Gasteiger partial charge >= 0.3 is 0 Å². The number of amidine groups is 1. The van der Waals surface area contributed by atoms with Gasteiger partial charge in [0.15, 0.2) is 0 Å². The minimum atomic E-state index is 0.134. The highest BCUT2D eigenvalue weighted by Crippen LogP contribution is 2.38. The maximum Gasteiger partial charge on any atom is 0.220 e. The van der Waals surface area contributed by atoms with Crippen molar-refractivity contribution in [2.75, 3.05) is 5.75 Å². The predicted molar refractivity (Wildman–Crippen MR) is 125 cm³/mol. The average molecular weight is 434 g/mol. The fraction of sp³-hybridized carbons (Fsp3) is 0.429. The fourth-order valence-electron chi connectivity index (χ4n) is 3.01. The molecule has 150 valence electrons. The molecule has 3 N–H and O–H groups in total. The van der Waals surface area contributed by atoms with E-state index in [1.165, 1.54) is 25.0 Å². The topological polar surface area (TPSA) is 67.5 Å². The maximum absolute atomic E-state index is 12.1. The minimum absolute atomic E-state index is 0.134. The van der Waals surface area contributed by atoms with Gasteiger partial charge in [-0.05, 0) is 54.8 Å². The van der Waals surface area contributed by atoms with Crippen LogP contribution in [0.15, 0.2) is 46.8 Å². The Hall–Kier alpha value is -1.44. The summed E-state index contributed by atoms with van der Waals surface area (Å²) in [5.74, 6) is 1.95. The SMILES string of the molecule is NC(=Nc1ccc(CNC(=O)CCCCC2CCCSS2)cc1)c1cccs1. The molecule has 0 radical (unpaired) electrons. The molecule has 1 amide bonds. The molecule has 2 heterocycles. The van der Waals surface area contributed by atoms with Gasteiger partial charge in [-0.1, -0.05) is 46.2 Å². The first kappa shape index (κ1) is 21.3. The molecule has 0 aliphatic carbocycles. The van der Waals surface area contributed by atoms with Crippen LogP contribution in [0.3, 0.4) is 0 Å². The molecule has 28 heavy (non-hydrogen) atoms. The molecule has 4 nitrogen and oxygen atoms in total. The predicted octanol–water partition coefficient (Wildman–Crippen LogP) is 5.51. The van der Waals surface area contributed by atoms with E-state index in [0.29, 0.717) is 18.8 Å². The Kier molecular flexibility index (Phi) is 8.76. The van der Waals surface area contributed by atoms with Gasteiger partial charge in [0.25, 0.3) is 0 Å². The molecule has 1 aliphatic rings. The van der Waals surface area contributed by atoms with Crippen LogP contribution in [0, 0.1) is 0 Å². The third-order valence-electron chi connectivity index (χ3n) is 4.59. The first-order chi connectivity index (χ1) is 13.7. The van der Waals surface area contributed by atoms with Crippen LogP contribution in [0.4, 0.5) is 5.69 Å². The van der Waals surface area contributed by atoms with Gasteiger partial charge in [0, 0.05) is 24.0 Å². The zero-order valence-electron chi connectivity index (χ0n) is 15.9. The lowest BCUT2D eigenvalue weighted by molar-refractivity contribution is -0.121. The zero-order chi connectivity index (χ0) is 19.6. The number of nitrogens with two attached hydrogens (primary N) is 1. The molecule has 2 aromatic rings. The van der Waals surface area contributed by atoms with Crippen molar-refractivity contribution >= 4 is 50.4 Å². The number of nitrogens with zero attached hydrogens (tertiary/aromatic N) is 1. The number of carbonyl (C=O) groups is 1. The molecule has 1 aromatic heterocycles. The zero-order valence-corrected chi connectivity index (χ0v) is 18.4. The standard InChI is InChI=1S/C21H27N3OS3/c22-21(19-7-4-13-26-19)24-17-11-9-16(10-12-17)15-23-20(25)8-2-1-5-18-6-3-14-27-28-18/h4,7,9-13,18H,1-3,5-6,8,14-15H2,(H2,22,24)(H,23,25). The van der Waals surface area contributed by atoms with Gasteiger partial charge in [-0.25, -0.2) is 4.99 Å². The van der Waals surface area contributed by atoms with Crippen LogP contribution in [-0.4, -0.2) is 22.7 Å². The number of rotatable bonds is 9. The van der Waals surface area contributed by atoms with Crippen LogP contribution in [0.1, 0.15) is 49.0 Å². The van der Waals surface area contributed by atoms with E-state index in [1.54, 1.807) is 11.3 Å². The summed E-state index contributed by atoms with van der Waals surface area (Å²) in [6, 6.07) is 11.8. The first-order valence-electron chi connectivity index (χ1n) is 9.72. The number of unbranched alkanes of at least 4 members (excludes halogenated alkanes) is 1. The summed E-state index contributed by atoms with van der Waals surface area (Å²) in [6.45, 7) is 0.554. The number of aliphatic imine (C=N–C) groups is 1. The number of carbonyl (C=O) groups excluding carboxylic acids is 1. The summed E-state index contributed by atoms with van der Waals surface area (Å²) in [5, 5.41) is 5.79. The van der Waals surface area contributed by atoms with Crippen molar-refractivity contribution < 1.29 is 4.79 Å². The summed E-state index contributed by atoms with van der Waals surface area (Å²) in [5.41, 5.74) is 7.90. The van der Waals surface area contributed by atoms with Crippen LogP contribution in [0.2, 0.25) is 0 Å². The van der Waals surface area contributed by atoms with Gasteiger partial charge in [-0.2, -0.15) is 0 Å². The van der Waals surface area contributed by atoms with Gasteiger partial charge in [-0.3, -0.25) is 4.79 Å². The Labute approximate surface area is 179 Å². The van der Waals surface area contributed by atoms with E-state index in [9.17, 15) is 4.79 Å². The highest BCUT2D eigenvalue weighted by molar-refractivity contribution is 8.77. The van der Waals surface area contributed by atoms with Gasteiger partial charge in [0.2, 0.25) is 5.91 Å². The second-order valence-electron chi connectivity index (χ2n) is 6.85. The third kappa shape index (κ3) is 7.18. The summed E-state index contributed by atoms with van der Waals surface area (Å²) in [4.78, 5) is 17.5. The number of benzene rings is 1. The molecule has 7 heteroatoms. The van der Waals surface area contributed by atoms with E-state index >= 15 is 0 Å². The van der Waals surface area contributed by atoms with Crippen LogP contribution in [-0.2, 0) is 11.3 Å². The molecule has 1 unspecified atom stereocenters. The van der Waals surface area contributed by atoms with Crippen molar-refractivity contribution in [1.82, 2.24) is 5.32 Å². The van der Waals surface area contributed by atoms with Gasteiger partial charge in [0.1, 0.15) is 5.84 Å². The average Bonchev–Trinajstić information content (AvgIpc) is 3.27. The van der Waals surface area contributed by atoms with Gasteiger partial charge < -0.3 is 11.1 Å². The minimum Gasteiger partial charge on any atom is -0.383 e. The molecule has 0 bridgehead atoms. The van der Waals surface area contributed by atoms with E-state index in [2.05, 4.69) is 10.3 Å². The summed E-state index contributed by atoms with van der Waals surface area (Å²) < 4.78 is 0. The molecule has 1 fully saturated rings. The highest BCUT2D eigenvalue weighted by atomic mass is 33.1. The molecule has 1 aromatic carbocycles. The van der Waals surface area contributed by atoms with Crippen molar-refractivity contribution in [3.8, 4) is 0 Å². The van der Waals surface area contributed by atoms with Crippen LogP contribution in [0.5, 0.6) is 0 Å². The molecule has 1 aliphatic heterocycles. The summed E-state index contributed by atoms with van der Waals surface area (Å²) >= 11 is 1.58. The smallest absolute Gasteiger partial charge is 0.220 e. The van der Waals surface area contributed by atoms with E-state index in [0.717, 1.165) is 34.2 Å². The molecule has 1 atom stereocenters. The quantitative estimate of drug-likeness (QED) is 0.237. The van der Waals surface area contributed by atoms with Crippen LogP contribution < -0.4 is 11.1 Å². The molecule has 3 rings (SSSR count). The molecule has 0 spiro atoms.